The van der Waals surface area contributed by atoms with Crippen molar-refractivity contribution in [3.05, 3.63) is 27.1 Å². The van der Waals surface area contributed by atoms with Gasteiger partial charge in [0, 0.05) is 12.0 Å². The molecule has 0 aliphatic rings. The van der Waals surface area contributed by atoms with Gasteiger partial charge >= 0.3 is 5.69 Å². The molecule has 0 radical (unpaired) electrons. The third-order valence-corrected chi connectivity index (χ3v) is 1.31. The Labute approximate surface area is 67.2 Å². The van der Waals surface area contributed by atoms with E-state index in [4.69, 9.17) is 5.73 Å². The minimum absolute atomic E-state index is 0.135. The maximum atomic E-state index is 10.7. The molecule has 1 heterocycles. The van der Waals surface area contributed by atoms with E-state index in [-0.39, 0.29) is 22.0 Å². The molecule has 0 aliphatic heterocycles. The van der Waals surface area contributed by atoms with Gasteiger partial charge < -0.3 is 10.9 Å². The van der Waals surface area contributed by atoms with Crippen LogP contribution >= 0.6 is 0 Å². The molecule has 7 heteroatoms. The molecule has 0 bridgehead atoms. The molecular weight excluding hydrogens is 164 g/mol. The number of rotatable bonds is 1. The zero-order valence-corrected chi connectivity index (χ0v) is 6.22. The molecule has 2 N–H and O–H groups in total. The molecule has 0 saturated carbocycles. The van der Waals surface area contributed by atoms with E-state index in [1.807, 2.05) is 0 Å². The topological polar surface area (TPSA) is 109 Å². The van der Waals surface area contributed by atoms with Crippen LogP contribution in [-0.4, -0.2) is 10.0 Å². The molecule has 7 nitrogen and oxygen atoms in total. The first kappa shape index (κ1) is 8.18. The minimum Gasteiger partial charge on any atom is -0.594 e. The average molecular weight is 170 g/mol. The van der Waals surface area contributed by atoms with Crippen LogP contribution in [0.15, 0.2) is 6.07 Å². The fraction of sp³-hybridized carbons (Fsp3) is 0.200. The quantitative estimate of drug-likeness (QED) is 0.265. The number of hydrogen-bond acceptors (Lipinski definition) is 5. The zero-order valence-electron chi connectivity index (χ0n) is 6.22. The van der Waals surface area contributed by atoms with Gasteiger partial charge in [0.1, 0.15) is 0 Å². The van der Waals surface area contributed by atoms with E-state index in [0.717, 1.165) is 6.07 Å². The smallest absolute Gasteiger partial charge is 0.323 e. The number of nitrogens with two attached hydrogens (primary N) is 1. The van der Waals surface area contributed by atoms with E-state index in [0.29, 0.717) is 0 Å². The molecule has 1 aromatic rings. The Morgan fingerprint density at radius 1 is 1.75 bits per heavy atom. The van der Waals surface area contributed by atoms with Crippen LogP contribution < -0.4 is 10.6 Å². The highest BCUT2D eigenvalue weighted by Gasteiger charge is 2.18. The van der Waals surface area contributed by atoms with Crippen molar-refractivity contribution in [3.8, 4) is 0 Å². The summed E-state index contributed by atoms with van der Waals surface area (Å²) in [4.78, 5) is 9.81. The number of aryl methyl sites for hydroxylation is 1. The molecule has 0 unspecified atom stereocenters. The van der Waals surface area contributed by atoms with Gasteiger partial charge in [0.2, 0.25) is 5.69 Å². The fourth-order valence-corrected chi connectivity index (χ4v) is 0.701. The number of nitrogens with zero attached hydrogens (tertiary/aromatic N) is 3. The van der Waals surface area contributed by atoms with Crippen molar-refractivity contribution in [2.24, 2.45) is 0 Å². The fourth-order valence-electron chi connectivity index (χ4n) is 0.701. The monoisotopic (exact) mass is 170 g/mol. The Kier molecular flexibility index (Phi) is 1.78. The summed E-state index contributed by atoms with van der Waals surface area (Å²) >= 11 is 0. The molecule has 64 valence electrons. The van der Waals surface area contributed by atoms with Crippen molar-refractivity contribution >= 4 is 11.5 Å². The lowest BCUT2D eigenvalue weighted by atomic mass is 10.3. The van der Waals surface area contributed by atoms with Crippen LogP contribution in [0.25, 0.3) is 0 Å². The summed E-state index contributed by atoms with van der Waals surface area (Å²) in [6.07, 6.45) is 0. The summed E-state index contributed by atoms with van der Waals surface area (Å²) in [5, 5.41) is 24.2. The van der Waals surface area contributed by atoms with Gasteiger partial charge in [0.05, 0.1) is 11.0 Å². The van der Waals surface area contributed by atoms with Gasteiger partial charge in [-0.1, -0.05) is 4.85 Å². The van der Waals surface area contributed by atoms with Crippen LogP contribution in [0.1, 0.15) is 5.69 Å². The number of nitro groups is 1. The van der Waals surface area contributed by atoms with Gasteiger partial charge in [0.25, 0.3) is 5.82 Å². The highest BCUT2D eigenvalue weighted by Crippen LogP contribution is 2.16. The predicted octanol–water partition coefficient (Wildman–Crippen LogP) is -0.486. The molecule has 1 rings (SSSR count). The van der Waals surface area contributed by atoms with Gasteiger partial charge in [-0.2, -0.15) is 0 Å². The SMILES string of the molecule is Cc1cc([N+](=O)[O-])c(N)n[n+]1[O-]. The third-order valence-electron chi connectivity index (χ3n) is 1.31. The van der Waals surface area contributed by atoms with E-state index in [1.54, 1.807) is 0 Å². The van der Waals surface area contributed by atoms with E-state index in [1.165, 1.54) is 6.92 Å². The Morgan fingerprint density at radius 2 is 2.33 bits per heavy atom. The van der Waals surface area contributed by atoms with Crippen LogP contribution in [0.3, 0.4) is 0 Å². The van der Waals surface area contributed by atoms with Crippen molar-refractivity contribution in [3.63, 3.8) is 0 Å². The first-order valence-electron chi connectivity index (χ1n) is 3.03. The molecule has 0 fully saturated rings. The highest BCUT2D eigenvalue weighted by atomic mass is 16.6. The second-order valence-electron chi connectivity index (χ2n) is 2.19. The van der Waals surface area contributed by atoms with Gasteiger partial charge in [-0.05, 0) is 0 Å². The average Bonchev–Trinajstić information content (AvgIpc) is 1.96. The van der Waals surface area contributed by atoms with Crippen molar-refractivity contribution < 1.29 is 9.77 Å². The summed E-state index contributed by atoms with van der Waals surface area (Å²) in [7, 11) is 0. The van der Waals surface area contributed by atoms with Gasteiger partial charge in [-0.15, -0.1) is 0 Å². The number of hydrogen-bond donors (Lipinski definition) is 1. The van der Waals surface area contributed by atoms with Gasteiger partial charge in [-0.3, -0.25) is 10.1 Å². The molecule has 0 spiro atoms. The highest BCUT2D eigenvalue weighted by molar-refractivity contribution is 5.50. The van der Waals surface area contributed by atoms with Crippen molar-refractivity contribution in [2.45, 2.75) is 6.92 Å². The first-order chi connectivity index (χ1) is 5.52. The molecule has 12 heavy (non-hydrogen) atoms. The predicted molar refractivity (Wildman–Crippen MR) is 39.0 cm³/mol. The molecule has 0 atom stereocenters. The number of aromatic nitrogens is 2. The summed E-state index contributed by atoms with van der Waals surface area (Å²) in [6.45, 7) is 1.41. The van der Waals surface area contributed by atoms with Crippen molar-refractivity contribution in [2.75, 3.05) is 5.73 Å². The van der Waals surface area contributed by atoms with Crippen molar-refractivity contribution in [1.82, 2.24) is 5.10 Å². The normalized spacial score (nSPS) is 9.75. The summed E-state index contributed by atoms with van der Waals surface area (Å²) in [6, 6.07) is 1.08. The lowest BCUT2D eigenvalue weighted by molar-refractivity contribution is -0.674. The first-order valence-corrected chi connectivity index (χ1v) is 3.03. The van der Waals surface area contributed by atoms with E-state index in [9.17, 15) is 15.3 Å². The van der Waals surface area contributed by atoms with Gasteiger partial charge in [0.15, 0.2) is 0 Å². The maximum absolute atomic E-state index is 10.7. The zero-order chi connectivity index (χ0) is 9.30. The Morgan fingerprint density at radius 3 is 2.83 bits per heavy atom. The van der Waals surface area contributed by atoms with Crippen LogP contribution in [0.4, 0.5) is 11.5 Å². The molecule has 0 aliphatic carbocycles. The lowest BCUT2D eigenvalue weighted by Gasteiger charge is -1.98. The lowest BCUT2D eigenvalue weighted by Crippen LogP contribution is -2.35. The molecule has 0 saturated heterocycles. The second kappa shape index (κ2) is 2.61. The third kappa shape index (κ3) is 1.24. The summed E-state index contributed by atoms with van der Waals surface area (Å²) in [5.74, 6) is -0.374. The Balaban J connectivity index is 3.33. The largest absolute Gasteiger partial charge is 0.594 e. The van der Waals surface area contributed by atoms with E-state index in [2.05, 4.69) is 5.10 Å². The standard InChI is InChI=1S/C5H6N4O3/c1-3-2-4(9(11)12)5(6)7-8(3)10/h2H,1H3,(H2,6,7). The van der Waals surface area contributed by atoms with Crippen molar-refractivity contribution in [1.29, 1.82) is 0 Å². The summed E-state index contributed by atoms with van der Waals surface area (Å²) in [5.41, 5.74) is 4.91. The summed E-state index contributed by atoms with van der Waals surface area (Å²) < 4.78 is 0. The maximum Gasteiger partial charge on any atom is 0.323 e. The van der Waals surface area contributed by atoms with E-state index >= 15 is 0 Å². The molecule has 0 aromatic carbocycles. The van der Waals surface area contributed by atoms with E-state index < -0.39 is 4.92 Å². The van der Waals surface area contributed by atoms with Crippen LogP contribution in [0.5, 0.6) is 0 Å². The van der Waals surface area contributed by atoms with Crippen LogP contribution in [0.2, 0.25) is 0 Å². The molecule has 0 amide bonds. The van der Waals surface area contributed by atoms with Crippen LogP contribution in [-0.2, 0) is 0 Å². The number of anilines is 1. The van der Waals surface area contributed by atoms with Gasteiger partial charge in [-0.25, -0.2) is 0 Å². The van der Waals surface area contributed by atoms with Crippen LogP contribution in [0, 0.1) is 22.2 Å². The second-order valence-corrected chi connectivity index (χ2v) is 2.19. The number of nitrogen functional groups attached to an aromatic ring is 1. The molecule has 1 aromatic heterocycles. The minimum atomic E-state index is -0.685. The Hall–Kier alpha value is -1.92. The molecular formula is C5H6N4O3. The Bertz CT molecular complexity index is 338.